The van der Waals surface area contributed by atoms with E-state index in [2.05, 4.69) is 0 Å². The van der Waals surface area contributed by atoms with Crippen molar-refractivity contribution in [3.05, 3.63) is 29.8 Å². The van der Waals surface area contributed by atoms with Gasteiger partial charge < -0.3 is 14.7 Å². The van der Waals surface area contributed by atoms with Gasteiger partial charge in [-0.3, -0.25) is 9.59 Å². The van der Waals surface area contributed by atoms with E-state index in [1.54, 1.807) is 4.90 Å². The van der Waals surface area contributed by atoms with Crippen LogP contribution >= 0.6 is 0 Å². The quantitative estimate of drug-likeness (QED) is 0.904. The number of fused-ring (bicyclic) bond motifs is 1. The van der Waals surface area contributed by atoms with Gasteiger partial charge in [0.25, 0.3) is 0 Å². The number of anilines is 1. The highest BCUT2D eigenvalue weighted by Gasteiger charge is 2.35. The maximum absolute atomic E-state index is 12.7. The molecule has 2 heterocycles. The largest absolute Gasteiger partial charge is 0.481 e. The van der Waals surface area contributed by atoms with E-state index < -0.39 is 11.9 Å². The molecule has 0 spiro atoms. The number of ether oxygens (including phenoxy) is 1. The molecule has 1 unspecified atom stereocenters. The van der Waals surface area contributed by atoms with Crippen molar-refractivity contribution in [1.29, 1.82) is 0 Å². The predicted octanol–water partition coefficient (Wildman–Crippen LogP) is 2.02. The predicted molar refractivity (Wildman–Crippen MR) is 77.3 cm³/mol. The lowest BCUT2D eigenvalue weighted by atomic mass is 9.88. The summed E-state index contributed by atoms with van der Waals surface area (Å²) < 4.78 is 5.31. The Balaban J connectivity index is 1.88. The minimum Gasteiger partial charge on any atom is -0.481 e. The lowest BCUT2D eigenvalue weighted by molar-refractivity contribution is -0.139. The number of carbonyl (C=O) groups is 2. The van der Waals surface area contributed by atoms with Crippen molar-refractivity contribution in [2.45, 2.75) is 25.2 Å². The van der Waals surface area contributed by atoms with Crippen molar-refractivity contribution in [1.82, 2.24) is 0 Å². The summed E-state index contributed by atoms with van der Waals surface area (Å²) in [6.07, 6.45) is 1.97. The fourth-order valence-corrected chi connectivity index (χ4v) is 3.21. The van der Waals surface area contributed by atoms with Gasteiger partial charge in [0.2, 0.25) is 5.91 Å². The first-order valence-corrected chi connectivity index (χ1v) is 7.39. The SMILES string of the molecule is O=C(O)C1CCN(C(=O)C2CCOCC2)c2ccccc21. The fourth-order valence-electron chi connectivity index (χ4n) is 3.21. The first-order chi connectivity index (χ1) is 10.2. The van der Waals surface area contributed by atoms with Crippen LogP contribution in [0.1, 0.15) is 30.7 Å². The van der Waals surface area contributed by atoms with Gasteiger partial charge in [0.15, 0.2) is 0 Å². The zero-order chi connectivity index (χ0) is 14.8. The van der Waals surface area contributed by atoms with E-state index >= 15 is 0 Å². The Morgan fingerprint density at radius 2 is 1.86 bits per heavy atom. The molecule has 0 aliphatic carbocycles. The number of benzene rings is 1. The third kappa shape index (κ3) is 2.65. The molecule has 3 rings (SSSR count). The Morgan fingerprint density at radius 3 is 2.57 bits per heavy atom. The molecule has 1 aromatic rings. The highest BCUT2D eigenvalue weighted by Crippen LogP contribution is 2.36. The van der Waals surface area contributed by atoms with Gasteiger partial charge in [-0.15, -0.1) is 0 Å². The molecule has 0 radical (unpaired) electrons. The summed E-state index contributed by atoms with van der Waals surface area (Å²) in [7, 11) is 0. The number of nitrogens with zero attached hydrogens (tertiary/aromatic N) is 1. The van der Waals surface area contributed by atoms with Crippen LogP contribution in [-0.4, -0.2) is 36.7 Å². The summed E-state index contributed by atoms with van der Waals surface area (Å²) in [5.41, 5.74) is 1.50. The Morgan fingerprint density at radius 1 is 1.14 bits per heavy atom. The summed E-state index contributed by atoms with van der Waals surface area (Å²) >= 11 is 0. The number of carbonyl (C=O) groups excluding carboxylic acids is 1. The Hall–Kier alpha value is -1.88. The molecule has 5 heteroatoms. The van der Waals surface area contributed by atoms with Gasteiger partial charge in [0, 0.05) is 31.4 Å². The molecule has 21 heavy (non-hydrogen) atoms. The number of hydrogen-bond donors (Lipinski definition) is 1. The molecular weight excluding hydrogens is 270 g/mol. The van der Waals surface area contributed by atoms with Crippen molar-refractivity contribution in [3.63, 3.8) is 0 Å². The molecule has 1 aromatic carbocycles. The van der Waals surface area contributed by atoms with E-state index in [1.165, 1.54) is 0 Å². The van der Waals surface area contributed by atoms with Crippen LogP contribution in [0.25, 0.3) is 0 Å². The Bertz CT molecular complexity index is 551. The van der Waals surface area contributed by atoms with E-state index in [-0.39, 0.29) is 11.8 Å². The van der Waals surface area contributed by atoms with Crippen LogP contribution in [-0.2, 0) is 14.3 Å². The Kier molecular flexibility index (Phi) is 3.92. The van der Waals surface area contributed by atoms with Crippen LogP contribution in [0.2, 0.25) is 0 Å². The van der Waals surface area contributed by atoms with Gasteiger partial charge in [-0.1, -0.05) is 18.2 Å². The van der Waals surface area contributed by atoms with Crippen LogP contribution in [0.4, 0.5) is 5.69 Å². The van der Waals surface area contributed by atoms with Gasteiger partial charge in [0.05, 0.1) is 5.92 Å². The average molecular weight is 289 g/mol. The number of para-hydroxylation sites is 1. The van der Waals surface area contributed by atoms with Crippen LogP contribution < -0.4 is 4.90 Å². The van der Waals surface area contributed by atoms with E-state index in [0.717, 1.165) is 24.1 Å². The number of carboxylic acid groups (broad SMARTS) is 1. The smallest absolute Gasteiger partial charge is 0.311 e. The van der Waals surface area contributed by atoms with Gasteiger partial charge in [0.1, 0.15) is 0 Å². The maximum Gasteiger partial charge on any atom is 0.311 e. The molecule has 2 aliphatic rings. The molecule has 0 saturated carbocycles. The number of carboxylic acids is 1. The minimum atomic E-state index is -0.819. The van der Waals surface area contributed by atoms with Crippen molar-refractivity contribution in [2.75, 3.05) is 24.7 Å². The topological polar surface area (TPSA) is 66.8 Å². The number of rotatable bonds is 2. The second-order valence-corrected chi connectivity index (χ2v) is 5.61. The summed E-state index contributed by atoms with van der Waals surface area (Å²) in [5.74, 6) is -1.23. The number of amides is 1. The monoisotopic (exact) mass is 289 g/mol. The van der Waals surface area contributed by atoms with Gasteiger partial charge in [-0.2, -0.15) is 0 Å². The lowest BCUT2D eigenvalue weighted by Gasteiger charge is -2.35. The van der Waals surface area contributed by atoms with E-state index in [1.807, 2.05) is 24.3 Å². The summed E-state index contributed by atoms with van der Waals surface area (Å²) in [6.45, 7) is 1.73. The van der Waals surface area contributed by atoms with Gasteiger partial charge >= 0.3 is 5.97 Å². The molecule has 1 fully saturated rings. The molecule has 1 saturated heterocycles. The fraction of sp³-hybridized carbons (Fsp3) is 0.500. The van der Waals surface area contributed by atoms with E-state index in [9.17, 15) is 14.7 Å². The highest BCUT2D eigenvalue weighted by molar-refractivity contribution is 5.97. The molecule has 5 nitrogen and oxygen atoms in total. The average Bonchev–Trinajstić information content (AvgIpc) is 2.54. The summed E-state index contributed by atoms with van der Waals surface area (Å²) in [6, 6.07) is 7.35. The first-order valence-electron chi connectivity index (χ1n) is 7.39. The minimum absolute atomic E-state index is 0.00631. The molecule has 1 N–H and O–H groups in total. The molecular formula is C16H19NO4. The zero-order valence-corrected chi connectivity index (χ0v) is 11.8. The molecule has 1 atom stereocenters. The van der Waals surface area contributed by atoms with Crippen LogP contribution in [0.15, 0.2) is 24.3 Å². The Labute approximate surface area is 123 Å². The van der Waals surface area contributed by atoms with Crippen molar-refractivity contribution >= 4 is 17.6 Å². The van der Waals surface area contributed by atoms with Crippen LogP contribution in [0, 0.1) is 5.92 Å². The molecule has 112 valence electrons. The van der Waals surface area contributed by atoms with Crippen molar-refractivity contribution < 1.29 is 19.4 Å². The standard InChI is InChI=1S/C16H19NO4/c18-15(11-6-9-21-10-7-11)17-8-5-13(16(19)20)12-3-1-2-4-14(12)17/h1-4,11,13H,5-10H2,(H,19,20). The van der Waals surface area contributed by atoms with Gasteiger partial charge in [-0.05, 0) is 30.9 Å². The second kappa shape index (κ2) is 5.85. The van der Waals surface area contributed by atoms with E-state index in [4.69, 9.17) is 4.74 Å². The third-order valence-corrected chi connectivity index (χ3v) is 4.38. The van der Waals surface area contributed by atoms with Crippen molar-refractivity contribution in [3.8, 4) is 0 Å². The molecule has 0 aromatic heterocycles. The first kappa shape index (κ1) is 14.1. The number of aliphatic carboxylic acids is 1. The van der Waals surface area contributed by atoms with E-state index in [0.29, 0.717) is 26.2 Å². The lowest BCUT2D eigenvalue weighted by Crippen LogP contribution is -2.43. The normalized spacial score (nSPS) is 22.7. The van der Waals surface area contributed by atoms with Gasteiger partial charge in [-0.25, -0.2) is 0 Å². The maximum atomic E-state index is 12.7. The molecule has 2 aliphatic heterocycles. The second-order valence-electron chi connectivity index (χ2n) is 5.61. The van der Waals surface area contributed by atoms with Crippen LogP contribution in [0.5, 0.6) is 0 Å². The summed E-state index contributed by atoms with van der Waals surface area (Å²) in [5, 5.41) is 9.34. The summed E-state index contributed by atoms with van der Waals surface area (Å²) in [4.78, 5) is 25.9. The zero-order valence-electron chi connectivity index (χ0n) is 11.8. The highest BCUT2D eigenvalue weighted by atomic mass is 16.5. The third-order valence-electron chi connectivity index (χ3n) is 4.38. The molecule has 1 amide bonds. The van der Waals surface area contributed by atoms with Crippen molar-refractivity contribution in [2.24, 2.45) is 5.92 Å². The van der Waals surface area contributed by atoms with Crippen LogP contribution in [0.3, 0.4) is 0 Å². The number of hydrogen-bond acceptors (Lipinski definition) is 3. The molecule has 0 bridgehead atoms.